The number of halogens is 2. The van der Waals surface area contributed by atoms with Crippen LogP contribution in [0.25, 0.3) is 10.9 Å². The van der Waals surface area contributed by atoms with Crippen molar-refractivity contribution in [2.75, 3.05) is 13.2 Å². The van der Waals surface area contributed by atoms with Gasteiger partial charge < -0.3 is 34.8 Å². The van der Waals surface area contributed by atoms with Gasteiger partial charge in [0, 0.05) is 22.6 Å². The lowest BCUT2D eigenvalue weighted by Gasteiger charge is -2.40. The van der Waals surface area contributed by atoms with E-state index in [-0.39, 0.29) is 22.5 Å². The van der Waals surface area contributed by atoms with E-state index in [2.05, 4.69) is 0 Å². The molecule has 0 bridgehead atoms. The Labute approximate surface area is 192 Å². The molecule has 1 saturated heterocycles. The fourth-order valence-electron chi connectivity index (χ4n) is 3.85. The van der Waals surface area contributed by atoms with E-state index in [0.29, 0.717) is 11.3 Å². The summed E-state index contributed by atoms with van der Waals surface area (Å²) in [5.41, 5.74) is 1.23. The lowest BCUT2D eigenvalue weighted by molar-refractivity contribution is -0.250. The van der Waals surface area contributed by atoms with Crippen LogP contribution in [-0.2, 0) is 11.2 Å². The summed E-state index contributed by atoms with van der Waals surface area (Å²) in [6.45, 7) is -0.534. The fraction of sp³-hybridized carbons (Fsp3) is 0.364. The first-order chi connectivity index (χ1) is 15.3. The molecule has 0 unspecified atom stereocenters. The predicted molar refractivity (Wildman–Crippen MR) is 117 cm³/mol. The van der Waals surface area contributed by atoms with Crippen molar-refractivity contribution >= 4 is 34.3 Å². The van der Waals surface area contributed by atoms with Crippen LogP contribution >= 0.6 is 23.4 Å². The minimum Gasteiger partial charge on any atom is -0.396 e. The number of aliphatic hydroxyl groups excluding tert-OH is 5. The molecule has 172 valence electrons. The second-order valence-corrected chi connectivity index (χ2v) is 9.12. The van der Waals surface area contributed by atoms with E-state index in [1.54, 1.807) is 6.20 Å². The van der Waals surface area contributed by atoms with Crippen molar-refractivity contribution in [3.63, 3.8) is 0 Å². The lowest BCUT2D eigenvalue weighted by Crippen LogP contribution is -2.56. The summed E-state index contributed by atoms with van der Waals surface area (Å²) >= 11 is 7.67. The zero-order valence-corrected chi connectivity index (χ0v) is 18.4. The molecule has 0 saturated carbocycles. The topological polar surface area (TPSA) is 115 Å². The van der Waals surface area contributed by atoms with E-state index in [9.17, 15) is 24.8 Å². The van der Waals surface area contributed by atoms with E-state index in [4.69, 9.17) is 21.4 Å². The molecular formula is C22H23ClFNO6S. The molecule has 4 rings (SSSR count). The van der Waals surface area contributed by atoms with Gasteiger partial charge in [-0.3, -0.25) is 0 Å². The van der Waals surface area contributed by atoms with Crippen LogP contribution in [0, 0.1) is 5.82 Å². The average molecular weight is 484 g/mol. The van der Waals surface area contributed by atoms with Gasteiger partial charge in [-0.2, -0.15) is 0 Å². The molecule has 2 aromatic carbocycles. The average Bonchev–Trinajstić information content (AvgIpc) is 3.16. The first-order valence-corrected chi connectivity index (χ1v) is 11.2. The van der Waals surface area contributed by atoms with Crippen LogP contribution in [0.5, 0.6) is 0 Å². The fourth-order valence-corrected chi connectivity index (χ4v) is 5.10. The monoisotopic (exact) mass is 483 g/mol. The number of benzene rings is 2. The van der Waals surface area contributed by atoms with Crippen LogP contribution in [0.1, 0.15) is 11.8 Å². The normalized spacial score (nSPS) is 26.0. The number of hydrogen-bond donors (Lipinski definition) is 5. The Kier molecular flexibility index (Phi) is 7.09. The highest BCUT2D eigenvalue weighted by atomic mass is 35.5. The lowest BCUT2D eigenvalue weighted by atomic mass is 9.98. The molecule has 0 radical (unpaired) electrons. The van der Waals surface area contributed by atoms with Crippen molar-refractivity contribution in [2.24, 2.45) is 0 Å². The zero-order chi connectivity index (χ0) is 23.0. The minimum absolute atomic E-state index is 0.0444. The molecule has 0 amide bonds. The van der Waals surface area contributed by atoms with Gasteiger partial charge in [0.2, 0.25) is 0 Å². The van der Waals surface area contributed by atoms with Gasteiger partial charge in [0.1, 0.15) is 30.2 Å². The van der Waals surface area contributed by atoms with Gasteiger partial charge in [-0.25, -0.2) is 4.39 Å². The molecule has 7 nitrogen and oxygen atoms in total. The van der Waals surface area contributed by atoms with E-state index in [0.717, 1.165) is 10.5 Å². The zero-order valence-electron chi connectivity index (χ0n) is 16.8. The molecule has 1 fully saturated rings. The molecule has 2 heterocycles. The quantitative estimate of drug-likeness (QED) is 0.364. The molecule has 0 spiro atoms. The van der Waals surface area contributed by atoms with E-state index < -0.39 is 43.1 Å². The predicted octanol–water partition coefficient (Wildman–Crippen LogP) is 2.09. The van der Waals surface area contributed by atoms with Gasteiger partial charge in [-0.15, -0.1) is 0 Å². The second-order valence-electron chi connectivity index (χ2n) is 7.59. The maximum Gasteiger partial charge on any atom is 0.163 e. The van der Waals surface area contributed by atoms with Crippen LogP contribution in [-0.4, -0.2) is 67.7 Å². The number of rotatable bonds is 6. The number of fused-ring (bicyclic) bond motifs is 1. The molecule has 1 aliphatic rings. The third-order valence-electron chi connectivity index (χ3n) is 5.53. The summed E-state index contributed by atoms with van der Waals surface area (Å²) in [6.07, 6.45) is -4.85. The third kappa shape index (κ3) is 4.27. The minimum atomic E-state index is -1.58. The van der Waals surface area contributed by atoms with Crippen molar-refractivity contribution in [1.82, 2.24) is 4.57 Å². The van der Waals surface area contributed by atoms with E-state index >= 15 is 0 Å². The maximum absolute atomic E-state index is 14.9. The molecule has 10 heteroatoms. The molecule has 5 atom stereocenters. The Morgan fingerprint density at radius 3 is 2.38 bits per heavy atom. The first-order valence-electron chi connectivity index (χ1n) is 10.0. The van der Waals surface area contributed by atoms with Crippen molar-refractivity contribution in [2.45, 2.75) is 46.9 Å². The summed E-state index contributed by atoms with van der Waals surface area (Å²) in [4.78, 5) is 1.32. The van der Waals surface area contributed by atoms with E-state index in [1.807, 2.05) is 24.3 Å². The van der Waals surface area contributed by atoms with Gasteiger partial charge in [0.25, 0.3) is 0 Å². The molecule has 1 aromatic heterocycles. The number of hydrogen-bond acceptors (Lipinski definition) is 7. The maximum atomic E-state index is 14.9. The summed E-state index contributed by atoms with van der Waals surface area (Å²) in [5, 5.41) is 49.9. The highest BCUT2D eigenvalue weighted by Crippen LogP contribution is 2.42. The van der Waals surface area contributed by atoms with Gasteiger partial charge in [-0.1, -0.05) is 35.5 Å². The molecule has 1 aliphatic heterocycles. The SMILES string of the molecule is OCCc1ccc(Sc2cn([C@@H]3O[C@H](CO)[C@@H](O)[C@H](O)[C@H]3O)c3c(Cl)ccc(F)c23)cc1. The van der Waals surface area contributed by atoms with Gasteiger partial charge in [0.05, 0.1) is 22.5 Å². The standard InChI is InChI=1S/C22H23ClFNO6S/c23-13-5-6-14(24)17-16(32-12-3-1-11(2-4-12)7-8-26)9-25(18(13)17)22-21(30)20(29)19(28)15(10-27)31-22/h1-6,9,15,19-22,26-30H,7-8,10H2/t15-,19-,20+,21-,22-/m1/s1. The molecular weight excluding hydrogens is 461 g/mol. The van der Waals surface area contributed by atoms with Gasteiger partial charge >= 0.3 is 0 Å². The Morgan fingerprint density at radius 1 is 1.00 bits per heavy atom. The largest absolute Gasteiger partial charge is 0.396 e. The Hall–Kier alpha value is -1.69. The molecule has 0 aliphatic carbocycles. The van der Waals surface area contributed by atoms with Crippen LogP contribution in [0.15, 0.2) is 52.4 Å². The molecule has 3 aromatic rings. The van der Waals surface area contributed by atoms with Crippen molar-refractivity contribution in [3.8, 4) is 0 Å². The third-order valence-corrected chi connectivity index (χ3v) is 6.87. The highest BCUT2D eigenvalue weighted by molar-refractivity contribution is 7.99. The summed E-state index contributed by atoms with van der Waals surface area (Å²) in [7, 11) is 0. The van der Waals surface area contributed by atoms with Gasteiger partial charge in [-0.05, 0) is 36.2 Å². The Morgan fingerprint density at radius 2 is 1.72 bits per heavy atom. The number of nitrogens with zero attached hydrogens (tertiary/aromatic N) is 1. The Balaban J connectivity index is 1.78. The second kappa shape index (κ2) is 9.66. The Bertz CT molecular complexity index is 1090. The number of aliphatic hydroxyl groups is 5. The van der Waals surface area contributed by atoms with Crippen molar-refractivity contribution < 1.29 is 34.7 Å². The van der Waals surface area contributed by atoms with Crippen LogP contribution in [0.3, 0.4) is 0 Å². The number of aromatic nitrogens is 1. The molecule has 32 heavy (non-hydrogen) atoms. The first kappa shape index (κ1) is 23.5. The van der Waals surface area contributed by atoms with Crippen LogP contribution < -0.4 is 0 Å². The van der Waals surface area contributed by atoms with E-state index in [1.165, 1.54) is 28.5 Å². The van der Waals surface area contributed by atoms with Gasteiger partial charge in [0.15, 0.2) is 6.23 Å². The van der Waals surface area contributed by atoms with Crippen molar-refractivity contribution in [3.05, 3.63) is 59.0 Å². The number of ether oxygens (including phenoxy) is 1. The van der Waals surface area contributed by atoms with Crippen LogP contribution in [0.4, 0.5) is 4.39 Å². The highest BCUT2D eigenvalue weighted by Gasteiger charge is 2.44. The summed E-state index contributed by atoms with van der Waals surface area (Å²) in [6, 6.07) is 10.1. The van der Waals surface area contributed by atoms with Crippen molar-refractivity contribution in [1.29, 1.82) is 0 Å². The summed E-state index contributed by atoms with van der Waals surface area (Å²) in [5.74, 6) is -0.521. The molecule has 5 N–H and O–H groups in total. The smallest absolute Gasteiger partial charge is 0.163 e. The summed E-state index contributed by atoms with van der Waals surface area (Å²) < 4.78 is 22.0. The van der Waals surface area contributed by atoms with Crippen LogP contribution in [0.2, 0.25) is 5.02 Å².